The highest BCUT2D eigenvalue weighted by Crippen LogP contribution is 2.39. The summed E-state index contributed by atoms with van der Waals surface area (Å²) in [7, 11) is 1.59. The van der Waals surface area contributed by atoms with E-state index in [9.17, 15) is 4.79 Å². The van der Waals surface area contributed by atoms with Gasteiger partial charge in [-0.25, -0.2) is 0 Å². The van der Waals surface area contributed by atoms with Gasteiger partial charge in [0.2, 0.25) is 0 Å². The van der Waals surface area contributed by atoms with Crippen molar-refractivity contribution in [1.29, 1.82) is 0 Å². The van der Waals surface area contributed by atoms with Crippen molar-refractivity contribution in [3.63, 3.8) is 0 Å². The number of aldehydes is 1. The fourth-order valence-corrected chi connectivity index (χ4v) is 1.89. The maximum Gasteiger partial charge on any atom is 0.164 e. The minimum absolute atomic E-state index is 0.292. The SMILES string of the molecule is COc1cc(Cl)cc(CCC=O)c1OC1CC1. The van der Waals surface area contributed by atoms with Crippen LogP contribution in [0.5, 0.6) is 11.5 Å². The van der Waals surface area contributed by atoms with E-state index >= 15 is 0 Å². The molecule has 0 aromatic heterocycles. The molecule has 0 N–H and O–H groups in total. The Morgan fingerprint density at radius 1 is 1.47 bits per heavy atom. The van der Waals surface area contributed by atoms with Gasteiger partial charge in [0, 0.05) is 17.5 Å². The van der Waals surface area contributed by atoms with E-state index in [1.54, 1.807) is 13.2 Å². The topological polar surface area (TPSA) is 35.5 Å². The number of halogens is 1. The first-order chi connectivity index (χ1) is 8.24. The van der Waals surface area contributed by atoms with Crippen LogP contribution in [0, 0.1) is 0 Å². The van der Waals surface area contributed by atoms with Gasteiger partial charge in [0.25, 0.3) is 0 Å². The summed E-state index contributed by atoms with van der Waals surface area (Å²) in [6.45, 7) is 0. The Bertz CT molecular complexity index is 413. The summed E-state index contributed by atoms with van der Waals surface area (Å²) < 4.78 is 11.1. The largest absolute Gasteiger partial charge is 0.493 e. The molecule has 1 aliphatic carbocycles. The van der Waals surface area contributed by atoms with E-state index in [4.69, 9.17) is 21.1 Å². The number of ether oxygens (including phenoxy) is 2. The summed E-state index contributed by atoms with van der Waals surface area (Å²) in [5.74, 6) is 1.38. The maximum atomic E-state index is 10.5. The number of carbonyl (C=O) groups excluding carboxylic acids is 1. The molecule has 0 spiro atoms. The number of hydrogen-bond donors (Lipinski definition) is 0. The molecular formula is C13H15ClO3. The Kier molecular flexibility index (Phi) is 3.89. The van der Waals surface area contributed by atoms with E-state index in [-0.39, 0.29) is 0 Å². The van der Waals surface area contributed by atoms with Crippen LogP contribution in [0.2, 0.25) is 5.02 Å². The summed E-state index contributed by atoms with van der Waals surface area (Å²) in [5.41, 5.74) is 0.938. The number of rotatable bonds is 6. The average Bonchev–Trinajstić information content (AvgIpc) is 3.12. The van der Waals surface area contributed by atoms with E-state index in [2.05, 4.69) is 0 Å². The molecule has 0 radical (unpaired) electrons. The summed E-state index contributed by atoms with van der Waals surface area (Å²) in [4.78, 5) is 10.5. The van der Waals surface area contributed by atoms with E-state index < -0.39 is 0 Å². The van der Waals surface area contributed by atoms with Crippen LogP contribution in [0.1, 0.15) is 24.8 Å². The number of carbonyl (C=O) groups is 1. The molecule has 0 aliphatic heterocycles. The van der Waals surface area contributed by atoms with E-state index in [0.29, 0.717) is 29.7 Å². The Hall–Kier alpha value is -1.22. The summed E-state index contributed by atoms with van der Waals surface area (Å²) in [6, 6.07) is 3.58. The molecule has 0 atom stereocenters. The summed E-state index contributed by atoms with van der Waals surface area (Å²) >= 11 is 6.01. The molecule has 1 fully saturated rings. The van der Waals surface area contributed by atoms with Gasteiger partial charge in [0.15, 0.2) is 11.5 Å². The minimum atomic E-state index is 0.292. The van der Waals surface area contributed by atoms with Crippen LogP contribution in [0.25, 0.3) is 0 Å². The Balaban J connectivity index is 2.29. The molecule has 3 nitrogen and oxygen atoms in total. The third-order valence-corrected chi connectivity index (χ3v) is 2.88. The van der Waals surface area contributed by atoms with Gasteiger partial charge >= 0.3 is 0 Å². The van der Waals surface area contributed by atoms with Crippen molar-refractivity contribution in [2.75, 3.05) is 7.11 Å². The molecular weight excluding hydrogens is 240 g/mol. The van der Waals surface area contributed by atoms with Gasteiger partial charge in [-0.15, -0.1) is 0 Å². The smallest absolute Gasteiger partial charge is 0.164 e. The van der Waals surface area contributed by atoms with Crippen LogP contribution < -0.4 is 9.47 Å². The van der Waals surface area contributed by atoms with E-state index in [1.807, 2.05) is 6.07 Å². The second-order valence-corrected chi connectivity index (χ2v) is 4.56. The lowest BCUT2D eigenvalue weighted by Crippen LogP contribution is -2.03. The first-order valence-electron chi connectivity index (χ1n) is 5.71. The molecule has 0 bridgehead atoms. The summed E-state index contributed by atoms with van der Waals surface area (Å²) in [5, 5.41) is 0.603. The van der Waals surface area contributed by atoms with Gasteiger partial charge in [0.1, 0.15) is 6.29 Å². The molecule has 92 valence electrons. The number of methoxy groups -OCH3 is 1. The molecule has 0 unspecified atom stereocenters. The minimum Gasteiger partial charge on any atom is -0.493 e. The van der Waals surface area contributed by atoms with Crippen molar-refractivity contribution in [2.24, 2.45) is 0 Å². The fraction of sp³-hybridized carbons (Fsp3) is 0.462. The van der Waals surface area contributed by atoms with Crippen LogP contribution in [0.3, 0.4) is 0 Å². The predicted octanol–water partition coefficient (Wildman–Crippen LogP) is 3.02. The molecule has 17 heavy (non-hydrogen) atoms. The number of benzene rings is 1. The van der Waals surface area contributed by atoms with Crippen molar-refractivity contribution >= 4 is 17.9 Å². The highest BCUT2D eigenvalue weighted by Gasteiger charge is 2.26. The van der Waals surface area contributed by atoms with Gasteiger partial charge in [-0.2, -0.15) is 0 Å². The zero-order valence-electron chi connectivity index (χ0n) is 9.74. The lowest BCUT2D eigenvalue weighted by atomic mass is 10.1. The van der Waals surface area contributed by atoms with Crippen LogP contribution in [0.15, 0.2) is 12.1 Å². The number of aryl methyl sites for hydroxylation is 1. The normalized spacial score (nSPS) is 14.5. The Morgan fingerprint density at radius 2 is 2.24 bits per heavy atom. The van der Waals surface area contributed by atoms with E-state index in [1.165, 1.54) is 0 Å². The molecule has 0 heterocycles. The van der Waals surface area contributed by atoms with Gasteiger partial charge in [-0.3, -0.25) is 0 Å². The molecule has 0 saturated heterocycles. The van der Waals surface area contributed by atoms with Crippen molar-refractivity contribution in [2.45, 2.75) is 31.8 Å². The van der Waals surface area contributed by atoms with E-state index in [0.717, 1.165) is 30.4 Å². The lowest BCUT2D eigenvalue weighted by Gasteiger charge is -2.15. The standard InChI is InChI=1S/C13H15ClO3/c1-16-12-8-10(14)7-9(3-2-6-15)13(12)17-11-4-5-11/h6-8,11H,2-5H2,1H3. The Morgan fingerprint density at radius 3 is 2.82 bits per heavy atom. The van der Waals surface area contributed by atoms with Crippen LogP contribution in [-0.4, -0.2) is 19.5 Å². The lowest BCUT2D eigenvalue weighted by molar-refractivity contribution is -0.107. The molecule has 0 amide bonds. The first-order valence-corrected chi connectivity index (χ1v) is 6.09. The molecule has 1 aromatic rings. The van der Waals surface area contributed by atoms with Crippen molar-refractivity contribution in [3.8, 4) is 11.5 Å². The third-order valence-electron chi connectivity index (χ3n) is 2.66. The van der Waals surface area contributed by atoms with Crippen LogP contribution >= 0.6 is 11.6 Å². The van der Waals surface area contributed by atoms with Gasteiger partial charge in [-0.05, 0) is 30.9 Å². The molecule has 4 heteroatoms. The highest BCUT2D eigenvalue weighted by atomic mass is 35.5. The second kappa shape index (κ2) is 5.41. The molecule has 2 rings (SSSR count). The predicted molar refractivity (Wildman–Crippen MR) is 66.0 cm³/mol. The monoisotopic (exact) mass is 254 g/mol. The van der Waals surface area contributed by atoms with Crippen molar-refractivity contribution < 1.29 is 14.3 Å². The molecule has 1 aliphatic rings. The maximum absolute atomic E-state index is 10.5. The third kappa shape index (κ3) is 3.13. The van der Waals surface area contributed by atoms with Crippen molar-refractivity contribution in [1.82, 2.24) is 0 Å². The van der Waals surface area contributed by atoms with Crippen LogP contribution in [-0.2, 0) is 11.2 Å². The van der Waals surface area contributed by atoms with Gasteiger partial charge < -0.3 is 14.3 Å². The number of hydrogen-bond acceptors (Lipinski definition) is 3. The van der Waals surface area contributed by atoms with Crippen LogP contribution in [0.4, 0.5) is 0 Å². The first kappa shape index (κ1) is 12.2. The highest BCUT2D eigenvalue weighted by molar-refractivity contribution is 6.30. The molecule has 1 aromatic carbocycles. The zero-order valence-corrected chi connectivity index (χ0v) is 10.5. The quantitative estimate of drug-likeness (QED) is 0.732. The second-order valence-electron chi connectivity index (χ2n) is 4.12. The average molecular weight is 255 g/mol. The van der Waals surface area contributed by atoms with Gasteiger partial charge in [-0.1, -0.05) is 11.6 Å². The molecule has 1 saturated carbocycles. The van der Waals surface area contributed by atoms with Gasteiger partial charge in [0.05, 0.1) is 13.2 Å². The fourth-order valence-electron chi connectivity index (χ4n) is 1.66. The Labute approximate surface area is 106 Å². The summed E-state index contributed by atoms with van der Waals surface area (Å²) in [6.07, 6.45) is 4.44. The zero-order chi connectivity index (χ0) is 12.3. The van der Waals surface area contributed by atoms with Crippen molar-refractivity contribution in [3.05, 3.63) is 22.7 Å².